The van der Waals surface area contributed by atoms with Crippen LogP contribution >= 0.6 is 34.4 Å². The topological polar surface area (TPSA) is 83.6 Å². The molecule has 0 fully saturated rings. The zero-order valence-corrected chi connectivity index (χ0v) is 23.8. The monoisotopic (exact) mass is 527 g/mol. The maximum absolute atomic E-state index is 12.9. The van der Waals surface area contributed by atoms with Crippen molar-refractivity contribution in [2.75, 3.05) is 11.1 Å². The summed E-state index contributed by atoms with van der Waals surface area (Å²) in [7, 11) is 0. The Labute approximate surface area is 220 Å². The molecule has 6 nitrogen and oxygen atoms in total. The highest BCUT2D eigenvalue weighted by Crippen LogP contribution is 2.45. The maximum atomic E-state index is 12.9. The molecule has 3 aromatic heterocycles. The lowest BCUT2D eigenvalue weighted by Crippen LogP contribution is -2.28. The van der Waals surface area contributed by atoms with Crippen LogP contribution in [-0.2, 0) is 24.2 Å². The van der Waals surface area contributed by atoms with E-state index in [1.165, 1.54) is 27.1 Å². The van der Waals surface area contributed by atoms with E-state index in [0.29, 0.717) is 16.5 Å². The molecular weight excluding hydrogens is 495 g/mol. The Kier molecular flexibility index (Phi) is 7.74. The number of carbonyl (C=O) groups excluding carboxylic acids is 1. The first-order chi connectivity index (χ1) is 16.7. The molecule has 186 valence electrons. The highest BCUT2D eigenvalue weighted by atomic mass is 32.2. The summed E-state index contributed by atoms with van der Waals surface area (Å²) >= 11 is 4.68. The standard InChI is InChI=1S/C26H33N5OS3/c1-7-26(5,6)17-9-10-18-19(12-27)24(35-21(18)11-17)28-22(32)14-34-25-30-29-23(31(25)8-2)20-13-33-16(4)15(20)3/h13,17H,7-11,14H2,1-6H3,(H,28,32). The van der Waals surface area contributed by atoms with Gasteiger partial charge in [0, 0.05) is 27.2 Å². The van der Waals surface area contributed by atoms with Crippen molar-refractivity contribution in [1.82, 2.24) is 14.8 Å². The van der Waals surface area contributed by atoms with Gasteiger partial charge in [0.2, 0.25) is 5.91 Å². The van der Waals surface area contributed by atoms with Crippen LogP contribution < -0.4 is 5.32 Å². The van der Waals surface area contributed by atoms with Crippen LogP contribution in [0, 0.1) is 36.5 Å². The molecule has 0 saturated carbocycles. The van der Waals surface area contributed by atoms with Gasteiger partial charge in [0.05, 0.1) is 11.3 Å². The summed E-state index contributed by atoms with van der Waals surface area (Å²) in [6.07, 6.45) is 4.14. The third-order valence-corrected chi connectivity index (χ3v) is 10.7. The van der Waals surface area contributed by atoms with Gasteiger partial charge < -0.3 is 9.88 Å². The number of nitrogens with one attached hydrogen (secondary N) is 1. The predicted octanol–water partition coefficient (Wildman–Crippen LogP) is 6.85. The predicted molar refractivity (Wildman–Crippen MR) is 146 cm³/mol. The van der Waals surface area contributed by atoms with Gasteiger partial charge in [0.1, 0.15) is 11.1 Å². The molecule has 3 heterocycles. The number of fused-ring (bicyclic) bond motifs is 1. The van der Waals surface area contributed by atoms with Crippen LogP contribution in [0.1, 0.15) is 67.0 Å². The van der Waals surface area contributed by atoms with E-state index < -0.39 is 0 Å². The minimum Gasteiger partial charge on any atom is -0.316 e. The van der Waals surface area contributed by atoms with Gasteiger partial charge in [-0.2, -0.15) is 5.26 Å². The Morgan fingerprint density at radius 3 is 2.74 bits per heavy atom. The van der Waals surface area contributed by atoms with Crippen LogP contribution in [0.4, 0.5) is 5.00 Å². The third kappa shape index (κ3) is 5.07. The van der Waals surface area contributed by atoms with E-state index in [1.807, 2.05) is 0 Å². The Balaban J connectivity index is 1.46. The lowest BCUT2D eigenvalue weighted by atomic mass is 9.69. The van der Waals surface area contributed by atoms with Crippen molar-refractivity contribution in [1.29, 1.82) is 5.26 Å². The summed E-state index contributed by atoms with van der Waals surface area (Å²) in [6.45, 7) is 13.9. The van der Waals surface area contributed by atoms with Crippen molar-refractivity contribution in [2.24, 2.45) is 11.3 Å². The van der Waals surface area contributed by atoms with Crippen LogP contribution in [0.3, 0.4) is 0 Å². The van der Waals surface area contributed by atoms with Gasteiger partial charge in [-0.25, -0.2) is 0 Å². The molecule has 0 saturated heterocycles. The lowest BCUT2D eigenvalue weighted by molar-refractivity contribution is -0.113. The number of rotatable bonds is 8. The zero-order valence-electron chi connectivity index (χ0n) is 21.3. The van der Waals surface area contributed by atoms with Crippen LogP contribution in [0.15, 0.2) is 10.5 Å². The van der Waals surface area contributed by atoms with E-state index in [9.17, 15) is 10.1 Å². The Morgan fingerprint density at radius 2 is 2.11 bits per heavy atom. The number of hydrogen-bond acceptors (Lipinski definition) is 7. The van der Waals surface area contributed by atoms with Crippen molar-refractivity contribution in [3.63, 3.8) is 0 Å². The molecule has 3 aromatic rings. The first-order valence-electron chi connectivity index (χ1n) is 12.2. The highest BCUT2D eigenvalue weighted by Gasteiger charge is 2.34. The number of hydrogen-bond donors (Lipinski definition) is 1. The molecule has 35 heavy (non-hydrogen) atoms. The Morgan fingerprint density at radius 1 is 1.34 bits per heavy atom. The number of aryl methyl sites for hydroxylation is 1. The molecule has 4 rings (SSSR count). The van der Waals surface area contributed by atoms with E-state index in [0.717, 1.165) is 54.3 Å². The summed E-state index contributed by atoms with van der Waals surface area (Å²) in [5.41, 5.74) is 4.40. The van der Waals surface area contributed by atoms with E-state index in [-0.39, 0.29) is 17.1 Å². The van der Waals surface area contributed by atoms with E-state index in [2.05, 4.69) is 73.1 Å². The average molecular weight is 528 g/mol. The molecule has 0 radical (unpaired) electrons. The Hall–Kier alpha value is -2.15. The summed E-state index contributed by atoms with van der Waals surface area (Å²) in [6, 6.07) is 2.36. The minimum absolute atomic E-state index is 0.120. The highest BCUT2D eigenvalue weighted by molar-refractivity contribution is 7.99. The third-order valence-electron chi connectivity index (χ3n) is 7.54. The van der Waals surface area contributed by atoms with E-state index in [4.69, 9.17) is 0 Å². The van der Waals surface area contributed by atoms with Crippen molar-refractivity contribution in [3.05, 3.63) is 31.8 Å². The molecule has 1 aliphatic carbocycles. The van der Waals surface area contributed by atoms with Crippen molar-refractivity contribution in [3.8, 4) is 17.5 Å². The van der Waals surface area contributed by atoms with Crippen LogP contribution in [0.5, 0.6) is 0 Å². The number of thioether (sulfide) groups is 1. The van der Waals surface area contributed by atoms with Gasteiger partial charge in [0.25, 0.3) is 0 Å². The second kappa shape index (κ2) is 10.5. The molecular formula is C26H33N5OS3. The number of aromatic nitrogens is 3. The molecule has 1 N–H and O–H groups in total. The molecule has 9 heteroatoms. The van der Waals surface area contributed by atoms with Gasteiger partial charge in [-0.3, -0.25) is 4.79 Å². The van der Waals surface area contributed by atoms with Gasteiger partial charge in [-0.05, 0) is 62.5 Å². The number of carbonyl (C=O) groups is 1. The number of nitrogens with zero attached hydrogens (tertiary/aromatic N) is 4. The van der Waals surface area contributed by atoms with Gasteiger partial charge >= 0.3 is 0 Å². The number of anilines is 1. The molecule has 1 aliphatic rings. The van der Waals surface area contributed by atoms with Crippen LogP contribution in [0.2, 0.25) is 0 Å². The summed E-state index contributed by atoms with van der Waals surface area (Å²) in [4.78, 5) is 15.4. The van der Waals surface area contributed by atoms with Crippen molar-refractivity contribution >= 4 is 45.3 Å². The Bertz CT molecular complexity index is 1280. The molecule has 1 unspecified atom stereocenters. The SMILES string of the molecule is CCn1c(SCC(=O)Nc2sc3c(c2C#N)CCC(C(C)(C)CC)C3)nnc1-c1csc(C)c1C. The second-order valence-corrected chi connectivity index (χ2v) is 13.0. The van der Waals surface area contributed by atoms with Crippen LogP contribution in [-0.4, -0.2) is 26.4 Å². The quantitative estimate of drug-likeness (QED) is 0.324. The molecule has 0 aliphatic heterocycles. The van der Waals surface area contributed by atoms with E-state index in [1.54, 1.807) is 22.7 Å². The fourth-order valence-corrected chi connectivity index (χ4v) is 7.61. The maximum Gasteiger partial charge on any atom is 0.235 e. The van der Waals surface area contributed by atoms with Gasteiger partial charge in [-0.1, -0.05) is 39.0 Å². The molecule has 0 spiro atoms. The molecule has 1 atom stereocenters. The molecule has 0 bridgehead atoms. The van der Waals surface area contributed by atoms with Crippen LogP contribution in [0.25, 0.3) is 11.4 Å². The molecule has 0 aromatic carbocycles. The molecule has 1 amide bonds. The normalized spacial score (nSPS) is 15.6. The van der Waals surface area contributed by atoms with Gasteiger partial charge in [0.15, 0.2) is 11.0 Å². The minimum atomic E-state index is -0.120. The first-order valence-corrected chi connectivity index (χ1v) is 14.8. The number of nitriles is 1. The summed E-state index contributed by atoms with van der Waals surface area (Å²) in [5.74, 6) is 1.55. The fourth-order valence-electron chi connectivity index (χ4n) is 4.65. The number of amides is 1. The fraction of sp³-hybridized carbons (Fsp3) is 0.538. The zero-order chi connectivity index (χ0) is 25.3. The number of thiophene rings is 2. The second-order valence-electron chi connectivity index (χ2n) is 9.82. The smallest absolute Gasteiger partial charge is 0.235 e. The van der Waals surface area contributed by atoms with Crippen molar-refractivity contribution in [2.45, 2.75) is 78.9 Å². The average Bonchev–Trinajstić information content (AvgIpc) is 3.51. The summed E-state index contributed by atoms with van der Waals surface area (Å²) < 4.78 is 2.06. The van der Waals surface area contributed by atoms with Gasteiger partial charge in [-0.15, -0.1) is 32.9 Å². The van der Waals surface area contributed by atoms with E-state index >= 15 is 0 Å². The van der Waals surface area contributed by atoms with Crippen molar-refractivity contribution < 1.29 is 4.79 Å². The largest absolute Gasteiger partial charge is 0.316 e. The summed E-state index contributed by atoms with van der Waals surface area (Å²) in [5, 5.41) is 25.2. The first kappa shape index (κ1) is 25.9. The lowest BCUT2D eigenvalue weighted by Gasteiger charge is -2.36.